The van der Waals surface area contributed by atoms with Gasteiger partial charge in [-0.1, -0.05) is 19.1 Å². The van der Waals surface area contributed by atoms with Crippen LogP contribution in [0.4, 0.5) is 0 Å². The molecule has 21 heavy (non-hydrogen) atoms. The fourth-order valence-corrected chi connectivity index (χ4v) is 2.99. The highest BCUT2D eigenvalue weighted by Crippen LogP contribution is 2.18. The molecule has 0 N–H and O–H groups in total. The van der Waals surface area contributed by atoms with Gasteiger partial charge in [0.05, 0.1) is 5.56 Å². The van der Waals surface area contributed by atoms with E-state index in [1.807, 2.05) is 12.1 Å². The number of nitrogens with zero attached hydrogens (tertiary/aromatic N) is 1. The Balaban J connectivity index is 1.95. The van der Waals surface area contributed by atoms with Gasteiger partial charge in [-0.2, -0.15) is 0 Å². The lowest BCUT2D eigenvalue weighted by Crippen LogP contribution is -2.44. The Morgan fingerprint density at radius 2 is 1.90 bits per heavy atom. The molecule has 5 heteroatoms. The highest BCUT2D eigenvalue weighted by atomic mass is 127. The molecular formula is C16H20INO3. The number of carbonyl (C=O) groups is 2. The third kappa shape index (κ3) is 4.18. The van der Waals surface area contributed by atoms with Gasteiger partial charge in [-0.05, 0) is 60.4 Å². The maximum absolute atomic E-state index is 12.3. The Kier molecular flexibility index (Phi) is 5.61. The van der Waals surface area contributed by atoms with Crippen LogP contribution in [-0.4, -0.2) is 36.0 Å². The van der Waals surface area contributed by atoms with Gasteiger partial charge in [-0.3, -0.25) is 4.79 Å². The summed E-state index contributed by atoms with van der Waals surface area (Å²) in [5.41, 5.74) is 0.505. The minimum Gasteiger partial charge on any atom is -0.449 e. The molecule has 1 atom stereocenters. The first-order valence-electron chi connectivity index (χ1n) is 7.23. The van der Waals surface area contributed by atoms with Crippen LogP contribution in [0.15, 0.2) is 24.3 Å². The molecule has 2 rings (SSSR count). The highest BCUT2D eigenvalue weighted by molar-refractivity contribution is 14.1. The fourth-order valence-electron chi connectivity index (χ4n) is 2.39. The van der Waals surface area contributed by atoms with Gasteiger partial charge < -0.3 is 9.64 Å². The number of hydrogen-bond donors (Lipinski definition) is 0. The van der Waals surface area contributed by atoms with E-state index in [-0.39, 0.29) is 5.91 Å². The summed E-state index contributed by atoms with van der Waals surface area (Å²) in [6.07, 6.45) is 1.30. The number of carbonyl (C=O) groups excluding carboxylic acids is 2. The molecular weight excluding hydrogens is 381 g/mol. The normalized spacial score (nSPS) is 17.4. The molecule has 0 spiro atoms. The number of hydrogen-bond acceptors (Lipinski definition) is 3. The summed E-state index contributed by atoms with van der Waals surface area (Å²) >= 11 is 2.09. The van der Waals surface area contributed by atoms with Crippen LogP contribution in [0.1, 0.15) is 37.0 Å². The van der Waals surface area contributed by atoms with Gasteiger partial charge in [-0.15, -0.1) is 0 Å². The molecule has 0 aromatic heterocycles. The Labute approximate surface area is 139 Å². The summed E-state index contributed by atoms with van der Waals surface area (Å²) in [5, 5.41) is 0. The summed E-state index contributed by atoms with van der Waals surface area (Å²) < 4.78 is 6.15. The largest absolute Gasteiger partial charge is 0.449 e. The molecule has 1 heterocycles. The van der Waals surface area contributed by atoms with Crippen LogP contribution in [0.5, 0.6) is 0 Å². The number of likely N-dealkylation sites (tertiary alicyclic amines) is 1. The van der Waals surface area contributed by atoms with E-state index in [4.69, 9.17) is 4.74 Å². The fraction of sp³-hybridized carbons (Fsp3) is 0.500. The lowest BCUT2D eigenvalue weighted by Gasteiger charge is -2.31. The maximum atomic E-state index is 12.3. The average Bonchev–Trinajstić information content (AvgIpc) is 2.47. The summed E-state index contributed by atoms with van der Waals surface area (Å²) in [7, 11) is 0. The van der Waals surface area contributed by atoms with E-state index in [9.17, 15) is 9.59 Å². The van der Waals surface area contributed by atoms with E-state index in [0.29, 0.717) is 11.5 Å². The minimum atomic E-state index is -0.734. The molecule has 0 aliphatic carbocycles. The topological polar surface area (TPSA) is 46.6 Å². The van der Waals surface area contributed by atoms with Crippen molar-refractivity contribution in [3.63, 3.8) is 0 Å². The Morgan fingerprint density at radius 3 is 2.52 bits per heavy atom. The first-order valence-corrected chi connectivity index (χ1v) is 8.31. The molecule has 1 aromatic rings. The highest BCUT2D eigenvalue weighted by Gasteiger charge is 2.27. The van der Waals surface area contributed by atoms with Crippen LogP contribution in [0, 0.1) is 9.49 Å². The van der Waals surface area contributed by atoms with Gasteiger partial charge >= 0.3 is 5.97 Å². The zero-order valence-corrected chi connectivity index (χ0v) is 14.5. The van der Waals surface area contributed by atoms with E-state index >= 15 is 0 Å². The molecule has 1 amide bonds. The van der Waals surface area contributed by atoms with Crippen LogP contribution in [0.3, 0.4) is 0 Å². The number of ether oxygens (including phenoxy) is 1. The summed E-state index contributed by atoms with van der Waals surface area (Å²) in [6.45, 7) is 5.35. The van der Waals surface area contributed by atoms with Crippen LogP contribution < -0.4 is 0 Å². The number of benzene rings is 1. The molecule has 114 valence electrons. The second-order valence-corrected chi connectivity index (χ2v) is 6.70. The molecule has 0 bridgehead atoms. The van der Waals surface area contributed by atoms with Crippen molar-refractivity contribution >= 4 is 34.5 Å². The van der Waals surface area contributed by atoms with Crippen molar-refractivity contribution in [2.45, 2.75) is 32.8 Å². The summed E-state index contributed by atoms with van der Waals surface area (Å²) in [4.78, 5) is 26.2. The number of rotatable bonds is 3. The SMILES string of the molecule is CC1CCN(C(=O)C(C)OC(=O)c2ccccc2I)CC1. The Hall–Kier alpha value is -1.11. The Morgan fingerprint density at radius 1 is 1.29 bits per heavy atom. The summed E-state index contributed by atoms with van der Waals surface area (Å²) in [6, 6.07) is 7.21. The predicted molar refractivity (Wildman–Crippen MR) is 89.0 cm³/mol. The molecule has 0 radical (unpaired) electrons. The standard InChI is InChI=1S/C16H20INO3/c1-11-7-9-18(10-8-11)15(19)12(2)21-16(20)13-5-3-4-6-14(13)17/h3-6,11-12H,7-10H2,1-2H3. The van der Waals surface area contributed by atoms with Gasteiger partial charge in [0, 0.05) is 16.7 Å². The second-order valence-electron chi connectivity index (χ2n) is 5.54. The quantitative estimate of drug-likeness (QED) is 0.578. The molecule has 1 aliphatic rings. The van der Waals surface area contributed by atoms with E-state index in [2.05, 4.69) is 29.5 Å². The number of amides is 1. The van der Waals surface area contributed by atoms with Crippen LogP contribution in [0.2, 0.25) is 0 Å². The van der Waals surface area contributed by atoms with Crippen molar-refractivity contribution in [1.82, 2.24) is 4.90 Å². The zero-order chi connectivity index (χ0) is 15.4. The van der Waals surface area contributed by atoms with E-state index < -0.39 is 12.1 Å². The average molecular weight is 401 g/mol. The first kappa shape index (κ1) is 16.3. The smallest absolute Gasteiger partial charge is 0.339 e. The van der Waals surface area contributed by atoms with Crippen LogP contribution in [-0.2, 0) is 9.53 Å². The van der Waals surface area contributed by atoms with Crippen molar-refractivity contribution < 1.29 is 14.3 Å². The zero-order valence-electron chi connectivity index (χ0n) is 12.3. The van der Waals surface area contributed by atoms with Crippen LogP contribution in [0.25, 0.3) is 0 Å². The molecule has 1 unspecified atom stereocenters. The van der Waals surface area contributed by atoms with Crippen molar-refractivity contribution in [3.8, 4) is 0 Å². The number of esters is 1. The van der Waals surface area contributed by atoms with E-state index in [1.54, 1.807) is 24.0 Å². The second kappa shape index (κ2) is 7.24. The molecule has 1 aromatic carbocycles. The van der Waals surface area contributed by atoms with Crippen molar-refractivity contribution in [3.05, 3.63) is 33.4 Å². The minimum absolute atomic E-state index is 0.0961. The van der Waals surface area contributed by atoms with Crippen LogP contribution >= 0.6 is 22.6 Å². The van der Waals surface area contributed by atoms with Gasteiger partial charge in [-0.25, -0.2) is 4.79 Å². The van der Waals surface area contributed by atoms with Gasteiger partial charge in [0.2, 0.25) is 0 Å². The van der Waals surface area contributed by atoms with Crippen molar-refractivity contribution in [2.75, 3.05) is 13.1 Å². The van der Waals surface area contributed by atoms with Gasteiger partial charge in [0.25, 0.3) is 5.91 Å². The Bertz CT molecular complexity index is 524. The van der Waals surface area contributed by atoms with E-state index in [1.165, 1.54) is 0 Å². The first-order chi connectivity index (χ1) is 9.99. The third-order valence-corrected chi connectivity index (χ3v) is 4.76. The van der Waals surface area contributed by atoms with Crippen molar-refractivity contribution in [2.24, 2.45) is 5.92 Å². The monoisotopic (exact) mass is 401 g/mol. The lowest BCUT2D eigenvalue weighted by molar-refractivity contribution is -0.141. The van der Waals surface area contributed by atoms with Gasteiger partial charge in [0.1, 0.15) is 0 Å². The number of piperidine rings is 1. The predicted octanol–water partition coefficient (Wildman–Crippen LogP) is 3.10. The number of halogens is 1. The molecule has 4 nitrogen and oxygen atoms in total. The maximum Gasteiger partial charge on any atom is 0.339 e. The van der Waals surface area contributed by atoms with E-state index in [0.717, 1.165) is 29.5 Å². The molecule has 1 fully saturated rings. The summed E-state index contributed by atoms with van der Waals surface area (Å²) in [5.74, 6) is 0.130. The molecule has 1 aliphatic heterocycles. The van der Waals surface area contributed by atoms with Crippen molar-refractivity contribution in [1.29, 1.82) is 0 Å². The lowest BCUT2D eigenvalue weighted by atomic mass is 9.99. The molecule has 1 saturated heterocycles. The molecule has 0 saturated carbocycles. The third-order valence-electron chi connectivity index (χ3n) is 3.82. The van der Waals surface area contributed by atoms with Gasteiger partial charge in [0.15, 0.2) is 6.10 Å².